The van der Waals surface area contributed by atoms with Crippen molar-refractivity contribution in [1.29, 1.82) is 0 Å². The molecule has 0 heterocycles. The van der Waals surface area contributed by atoms with Crippen molar-refractivity contribution < 1.29 is 9.90 Å². The fourth-order valence-corrected chi connectivity index (χ4v) is 1.52. The number of carbonyl (C=O) groups excluding carboxylic acids is 1. The Bertz CT molecular complexity index is 512. The summed E-state index contributed by atoms with van der Waals surface area (Å²) in [4.78, 5) is 15.6. The van der Waals surface area contributed by atoms with Gasteiger partial charge in [-0.3, -0.25) is 9.79 Å². The van der Waals surface area contributed by atoms with Crippen molar-refractivity contribution in [3.05, 3.63) is 41.2 Å². The van der Waals surface area contributed by atoms with E-state index in [-0.39, 0.29) is 0 Å². The maximum Gasteiger partial charge on any atom is 0.250 e. The number of aryl methyl sites for hydroxylation is 1. The number of hydrogen-bond donors (Lipinski definition) is 3. The maximum atomic E-state index is 11.2. The van der Waals surface area contributed by atoms with E-state index >= 15 is 0 Å². The van der Waals surface area contributed by atoms with Crippen LogP contribution in [0.4, 0.5) is 5.69 Å². The Hall–Kier alpha value is -2.14. The van der Waals surface area contributed by atoms with Gasteiger partial charge in [-0.25, -0.2) is 0 Å². The van der Waals surface area contributed by atoms with Gasteiger partial charge in [0.25, 0.3) is 0 Å². The summed E-state index contributed by atoms with van der Waals surface area (Å²) < 4.78 is 0. The van der Waals surface area contributed by atoms with E-state index < -0.39 is 12.5 Å². The normalized spacial score (nSPS) is 12.9. The second-order valence-electron chi connectivity index (χ2n) is 4.30. The summed E-state index contributed by atoms with van der Waals surface area (Å²) in [7, 11) is 0. The minimum atomic E-state index is -0.589. The summed E-state index contributed by atoms with van der Waals surface area (Å²) in [6.07, 6.45) is 0. The molecule has 102 valence electrons. The number of nitrogens with two attached hydrogens (primary N) is 1. The lowest BCUT2D eigenvalue weighted by Gasteiger charge is -2.10. The molecule has 0 radical (unpaired) electrons. The lowest BCUT2D eigenvalue weighted by atomic mass is 10.2. The Morgan fingerprint density at radius 2 is 1.89 bits per heavy atom. The van der Waals surface area contributed by atoms with Crippen LogP contribution in [0.15, 0.2) is 40.7 Å². The van der Waals surface area contributed by atoms with E-state index in [1.807, 2.05) is 31.2 Å². The summed E-state index contributed by atoms with van der Waals surface area (Å²) in [5.41, 5.74) is 9.11. The number of amides is 1. The minimum Gasteiger partial charge on any atom is -0.401 e. The average molecular weight is 261 g/mol. The highest BCUT2D eigenvalue weighted by atomic mass is 16.3. The third-order valence-corrected chi connectivity index (χ3v) is 2.49. The van der Waals surface area contributed by atoms with Crippen LogP contribution in [0.3, 0.4) is 0 Å². The number of allylic oxidation sites excluding steroid dienone is 2. The Morgan fingerprint density at radius 3 is 2.37 bits per heavy atom. The van der Waals surface area contributed by atoms with Crippen LogP contribution >= 0.6 is 0 Å². The monoisotopic (exact) mass is 261 g/mol. The standard InChI is InChI=1S/C14H19N3O2/c1-9-4-6-12(7-5-9)16-11(3)14(10(2)15)17-13(19)8-18/h4-7,18H,8,15H2,1-3H3,(H,17,19). The second kappa shape index (κ2) is 6.70. The van der Waals surface area contributed by atoms with Crippen LogP contribution in [0.2, 0.25) is 0 Å². The van der Waals surface area contributed by atoms with Gasteiger partial charge in [0, 0.05) is 5.70 Å². The van der Waals surface area contributed by atoms with Gasteiger partial charge in [-0.15, -0.1) is 0 Å². The predicted molar refractivity (Wildman–Crippen MR) is 76.1 cm³/mol. The third kappa shape index (κ3) is 4.56. The highest BCUT2D eigenvalue weighted by molar-refractivity contribution is 6.03. The van der Waals surface area contributed by atoms with Crippen molar-refractivity contribution in [3.8, 4) is 0 Å². The number of aliphatic hydroxyl groups excluding tert-OH is 1. The van der Waals surface area contributed by atoms with Crippen molar-refractivity contribution in [2.45, 2.75) is 20.8 Å². The lowest BCUT2D eigenvalue weighted by Crippen LogP contribution is -2.31. The van der Waals surface area contributed by atoms with Crippen molar-refractivity contribution in [3.63, 3.8) is 0 Å². The van der Waals surface area contributed by atoms with Crippen molar-refractivity contribution >= 4 is 17.3 Å². The minimum absolute atomic E-state index is 0.430. The first-order valence-corrected chi connectivity index (χ1v) is 5.93. The number of nitrogens with one attached hydrogen (secondary N) is 1. The predicted octanol–water partition coefficient (Wildman–Crippen LogP) is 1.39. The van der Waals surface area contributed by atoms with Crippen LogP contribution in [0.25, 0.3) is 0 Å². The molecule has 1 amide bonds. The van der Waals surface area contributed by atoms with E-state index in [2.05, 4.69) is 10.3 Å². The molecule has 0 aromatic heterocycles. The molecule has 0 bridgehead atoms. The molecule has 1 aromatic rings. The van der Waals surface area contributed by atoms with E-state index in [4.69, 9.17) is 10.8 Å². The van der Waals surface area contributed by atoms with Crippen molar-refractivity contribution in [2.75, 3.05) is 6.61 Å². The number of hydrogen-bond acceptors (Lipinski definition) is 4. The molecule has 0 aliphatic rings. The molecule has 19 heavy (non-hydrogen) atoms. The summed E-state index contributed by atoms with van der Waals surface area (Å²) in [6.45, 7) is 4.83. The molecule has 0 spiro atoms. The van der Waals surface area contributed by atoms with E-state index in [1.165, 1.54) is 0 Å². The number of aliphatic imine (C=N–C) groups is 1. The second-order valence-corrected chi connectivity index (χ2v) is 4.30. The van der Waals surface area contributed by atoms with Gasteiger partial charge in [-0.05, 0) is 32.9 Å². The Labute approximate surface area is 112 Å². The van der Waals surface area contributed by atoms with E-state index in [0.29, 0.717) is 17.1 Å². The SMILES string of the molecule is CC(=Nc1ccc(C)cc1)C(NC(=O)CO)=C(C)N. The van der Waals surface area contributed by atoms with Crippen LogP contribution in [-0.4, -0.2) is 23.3 Å². The van der Waals surface area contributed by atoms with Gasteiger partial charge in [0.2, 0.25) is 5.91 Å². The molecule has 1 rings (SSSR count). The molecular formula is C14H19N3O2. The largest absolute Gasteiger partial charge is 0.401 e. The fourth-order valence-electron chi connectivity index (χ4n) is 1.52. The number of aliphatic hydroxyl groups is 1. The molecule has 0 unspecified atom stereocenters. The molecule has 0 aliphatic heterocycles. The smallest absolute Gasteiger partial charge is 0.250 e. The average Bonchev–Trinajstić information content (AvgIpc) is 2.37. The van der Waals surface area contributed by atoms with E-state index in [9.17, 15) is 4.79 Å². The van der Waals surface area contributed by atoms with Crippen molar-refractivity contribution in [2.24, 2.45) is 10.7 Å². The van der Waals surface area contributed by atoms with Gasteiger partial charge >= 0.3 is 0 Å². The number of nitrogens with zero attached hydrogens (tertiary/aromatic N) is 1. The summed E-state index contributed by atoms with van der Waals surface area (Å²) >= 11 is 0. The van der Waals surface area contributed by atoms with E-state index in [0.717, 1.165) is 11.3 Å². The fraction of sp³-hybridized carbons (Fsp3) is 0.286. The Morgan fingerprint density at radius 1 is 1.32 bits per heavy atom. The van der Waals surface area contributed by atoms with Gasteiger partial charge < -0.3 is 16.2 Å². The number of carbonyl (C=O) groups is 1. The topological polar surface area (TPSA) is 87.7 Å². The molecule has 5 nitrogen and oxygen atoms in total. The maximum absolute atomic E-state index is 11.2. The lowest BCUT2D eigenvalue weighted by molar-refractivity contribution is -0.123. The van der Waals surface area contributed by atoms with Gasteiger partial charge in [0.05, 0.1) is 17.1 Å². The molecule has 0 aliphatic carbocycles. The highest BCUT2D eigenvalue weighted by Gasteiger charge is 2.09. The molecule has 4 N–H and O–H groups in total. The molecule has 0 fully saturated rings. The van der Waals surface area contributed by atoms with Crippen LogP contribution in [0, 0.1) is 6.92 Å². The molecule has 0 atom stereocenters. The first kappa shape index (κ1) is 14.9. The summed E-state index contributed by atoms with van der Waals surface area (Å²) in [5.74, 6) is -0.516. The van der Waals surface area contributed by atoms with Crippen LogP contribution in [0.1, 0.15) is 19.4 Å². The molecular weight excluding hydrogens is 242 g/mol. The van der Waals surface area contributed by atoms with Gasteiger partial charge in [0.1, 0.15) is 6.61 Å². The summed E-state index contributed by atoms with van der Waals surface area (Å²) in [5, 5.41) is 11.3. The zero-order valence-corrected chi connectivity index (χ0v) is 11.4. The number of rotatable bonds is 4. The number of benzene rings is 1. The van der Waals surface area contributed by atoms with Gasteiger partial charge in [0.15, 0.2) is 0 Å². The van der Waals surface area contributed by atoms with Gasteiger partial charge in [-0.2, -0.15) is 0 Å². The summed E-state index contributed by atoms with van der Waals surface area (Å²) in [6, 6.07) is 7.68. The van der Waals surface area contributed by atoms with E-state index in [1.54, 1.807) is 13.8 Å². The van der Waals surface area contributed by atoms with Crippen LogP contribution in [0.5, 0.6) is 0 Å². The molecule has 0 saturated carbocycles. The highest BCUT2D eigenvalue weighted by Crippen LogP contribution is 2.14. The van der Waals surface area contributed by atoms with Crippen molar-refractivity contribution in [1.82, 2.24) is 5.32 Å². The zero-order valence-electron chi connectivity index (χ0n) is 11.4. The van der Waals surface area contributed by atoms with Crippen LogP contribution < -0.4 is 11.1 Å². The Balaban J connectivity index is 3.00. The molecule has 5 heteroatoms. The zero-order chi connectivity index (χ0) is 14.4. The first-order valence-electron chi connectivity index (χ1n) is 5.93. The third-order valence-electron chi connectivity index (χ3n) is 2.49. The first-order chi connectivity index (χ1) is 8.93. The van der Waals surface area contributed by atoms with Crippen LogP contribution in [-0.2, 0) is 4.79 Å². The van der Waals surface area contributed by atoms with Gasteiger partial charge in [-0.1, -0.05) is 17.7 Å². The Kier molecular flexibility index (Phi) is 5.26. The molecule has 0 saturated heterocycles. The molecule has 1 aromatic carbocycles. The quantitative estimate of drug-likeness (QED) is 0.716.